The number of pyridine rings is 1. The second-order valence-corrected chi connectivity index (χ2v) is 8.41. The Balaban J connectivity index is 1.45. The van der Waals surface area contributed by atoms with Gasteiger partial charge in [-0.05, 0) is 39.7 Å². The third-order valence-corrected chi connectivity index (χ3v) is 5.06. The quantitative estimate of drug-likeness (QED) is 0.717. The van der Waals surface area contributed by atoms with Gasteiger partial charge in [-0.1, -0.05) is 6.07 Å². The second-order valence-electron chi connectivity index (χ2n) is 8.41. The van der Waals surface area contributed by atoms with E-state index in [4.69, 9.17) is 4.74 Å². The van der Waals surface area contributed by atoms with Crippen molar-refractivity contribution in [2.45, 2.75) is 44.8 Å². The van der Waals surface area contributed by atoms with E-state index < -0.39 is 11.2 Å². The summed E-state index contributed by atoms with van der Waals surface area (Å²) in [5, 5.41) is 15.3. The first-order valence-corrected chi connectivity index (χ1v) is 9.70. The molecule has 4 rings (SSSR count). The first-order chi connectivity index (χ1) is 13.7. The summed E-state index contributed by atoms with van der Waals surface area (Å²) >= 11 is 0. The van der Waals surface area contributed by atoms with Crippen molar-refractivity contribution in [3.8, 4) is 11.1 Å². The number of amides is 1. The van der Waals surface area contributed by atoms with Gasteiger partial charge in [-0.3, -0.25) is 4.98 Å². The fraction of sp³-hybridized carbons (Fsp3) is 0.429. The molecule has 1 amide bonds. The van der Waals surface area contributed by atoms with E-state index >= 15 is 0 Å². The summed E-state index contributed by atoms with van der Waals surface area (Å²) < 4.78 is 7.13. The van der Waals surface area contributed by atoms with Crippen LogP contribution < -0.4 is 0 Å². The Morgan fingerprint density at radius 2 is 1.83 bits per heavy atom. The van der Waals surface area contributed by atoms with Gasteiger partial charge >= 0.3 is 6.09 Å². The second kappa shape index (κ2) is 7.11. The first kappa shape index (κ1) is 19.3. The van der Waals surface area contributed by atoms with Gasteiger partial charge in [-0.2, -0.15) is 5.10 Å². The number of aliphatic hydroxyl groups is 1. The van der Waals surface area contributed by atoms with Crippen LogP contribution in [0.15, 0.2) is 43.0 Å². The number of rotatable bonds is 2. The Labute approximate surface area is 169 Å². The zero-order valence-electron chi connectivity index (χ0n) is 16.9. The van der Waals surface area contributed by atoms with Crippen LogP contribution in [0.2, 0.25) is 0 Å². The van der Waals surface area contributed by atoms with Crippen LogP contribution in [-0.2, 0) is 10.3 Å². The summed E-state index contributed by atoms with van der Waals surface area (Å²) in [6.07, 6.45) is 7.60. The lowest BCUT2D eigenvalue weighted by atomic mass is 9.87. The number of aromatic nitrogens is 4. The maximum Gasteiger partial charge on any atom is 0.410 e. The highest BCUT2D eigenvalue weighted by Crippen LogP contribution is 2.33. The fourth-order valence-electron chi connectivity index (χ4n) is 3.44. The van der Waals surface area contributed by atoms with Gasteiger partial charge in [0.25, 0.3) is 0 Å². The van der Waals surface area contributed by atoms with E-state index in [1.54, 1.807) is 28.0 Å². The van der Waals surface area contributed by atoms with Crippen LogP contribution in [0.25, 0.3) is 16.8 Å². The summed E-state index contributed by atoms with van der Waals surface area (Å²) in [6.45, 7) is 6.38. The Kier molecular flexibility index (Phi) is 4.74. The number of carbonyl (C=O) groups is 1. The van der Waals surface area contributed by atoms with E-state index in [1.165, 1.54) is 0 Å². The summed E-state index contributed by atoms with van der Waals surface area (Å²) in [5.74, 6) is 0. The number of piperidine rings is 1. The lowest BCUT2D eigenvalue weighted by Gasteiger charge is -2.38. The minimum Gasteiger partial charge on any atom is -0.444 e. The number of ether oxygens (including phenoxy) is 1. The normalized spacial score (nSPS) is 16.8. The number of likely N-dealkylation sites (tertiary alicyclic amines) is 1. The highest BCUT2D eigenvalue weighted by atomic mass is 16.6. The lowest BCUT2D eigenvalue weighted by molar-refractivity contribution is -0.0381. The zero-order chi connectivity index (χ0) is 20.6. The Bertz CT molecular complexity index is 1010. The molecule has 0 radical (unpaired) electrons. The number of hydrogen-bond donors (Lipinski definition) is 1. The van der Waals surface area contributed by atoms with Crippen molar-refractivity contribution in [1.29, 1.82) is 0 Å². The van der Waals surface area contributed by atoms with Crippen LogP contribution in [0.5, 0.6) is 0 Å². The maximum atomic E-state index is 12.2. The van der Waals surface area contributed by atoms with Gasteiger partial charge in [0.2, 0.25) is 0 Å². The van der Waals surface area contributed by atoms with E-state index in [2.05, 4.69) is 15.1 Å². The molecule has 0 atom stereocenters. The van der Waals surface area contributed by atoms with Gasteiger partial charge in [-0.15, -0.1) is 0 Å². The predicted octanol–water partition coefficient (Wildman–Crippen LogP) is 3.01. The number of hydrogen-bond acceptors (Lipinski definition) is 6. The van der Waals surface area contributed by atoms with Crippen molar-refractivity contribution in [3.63, 3.8) is 0 Å². The molecule has 1 aliphatic heterocycles. The van der Waals surface area contributed by atoms with Crippen LogP contribution in [0.1, 0.15) is 39.3 Å². The van der Waals surface area contributed by atoms with Crippen LogP contribution >= 0.6 is 0 Å². The Hall–Kier alpha value is -3.00. The van der Waals surface area contributed by atoms with Gasteiger partial charge in [0.15, 0.2) is 5.65 Å². The molecule has 0 aromatic carbocycles. The predicted molar refractivity (Wildman–Crippen MR) is 107 cm³/mol. The first-order valence-electron chi connectivity index (χ1n) is 9.70. The molecule has 29 heavy (non-hydrogen) atoms. The molecule has 0 spiro atoms. The molecule has 0 aliphatic carbocycles. The van der Waals surface area contributed by atoms with E-state index in [9.17, 15) is 9.90 Å². The summed E-state index contributed by atoms with van der Waals surface area (Å²) in [5.41, 5.74) is 1.60. The van der Waals surface area contributed by atoms with Crippen LogP contribution in [0, 0.1) is 0 Å². The van der Waals surface area contributed by atoms with Gasteiger partial charge in [-0.25, -0.2) is 14.3 Å². The third-order valence-electron chi connectivity index (χ3n) is 5.06. The van der Waals surface area contributed by atoms with Crippen molar-refractivity contribution in [2.24, 2.45) is 0 Å². The smallest absolute Gasteiger partial charge is 0.410 e. The molecule has 8 heteroatoms. The number of fused-ring (bicyclic) bond motifs is 1. The van der Waals surface area contributed by atoms with Crippen LogP contribution in [0.3, 0.4) is 0 Å². The molecule has 3 aromatic rings. The average Bonchev–Trinajstić information content (AvgIpc) is 3.15. The molecular formula is C21H25N5O3. The topological polar surface area (TPSA) is 92.8 Å². The van der Waals surface area contributed by atoms with Gasteiger partial charge in [0.1, 0.15) is 11.2 Å². The fourth-order valence-corrected chi connectivity index (χ4v) is 3.44. The Morgan fingerprint density at radius 3 is 2.48 bits per heavy atom. The van der Waals surface area contributed by atoms with Gasteiger partial charge < -0.3 is 14.7 Å². The van der Waals surface area contributed by atoms with E-state index in [1.807, 2.05) is 45.2 Å². The van der Waals surface area contributed by atoms with Crippen molar-refractivity contribution >= 4 is 11.7 Å². The van der Waals surface area contributed by atoms with Crippen LogP contribution in [0.4, 0.5) is 4.79 Å². The molecule has 0 saturated carbocycles. The molecule has 3 aromatic heterocycles. The molecular weight excluding hydrogens is 370 g/mol. The van der Waals surface area contributed by atoms with E-state index in [-0.39, 0.29) is 6.09 Å². The SMILES string of the molecule is CC(C)(C)OC(=O)N1CCC(O)(c2ccc(-c3cnc4ccnn4c3)cn2)CC1. The number of nitrogens with zero attached hydrogens (tertiary/aromatic N) is 5. The zero-order valence-corrected chi connectivity index (χ0v) is 16.9. The van der Waals surface area contributed by atoms with E-state index in [0.29, 0.717) is 31.6 Å². The summed E-state index contributed by atoms with van der Waals surface area (Å²) in [6, 6.07) is 5.60. The Morgan fingerprint density at radius 1 is 1.10 bits per heavy atom. The van der Waals surface area contributed by atoms with Crippen molar-refractivity contribution in [2.75, 3.05) is 13.1 Å². The maximum absolute atomic E-state index is 12.2. The minimum atomic E-state index is -1.05. The monoisotopic (exact) mass is 395 g/mol. The lowest BCUT2D eigenvalue weighted by Crippen LogP contribution is -2.47. The van der Waals surface area contributed by atoms with Crippen LogP contribution in [-0.4, -0.2) is 54.4 Å². The summed E-state index contributed by atoms with van der Waals surface area (Å²) in [4.78, 5) is 22.7. The average molecular weight is 395 g/mol. The molecule has 1 aliphatic rings. The summed E-state index contributed by atoms with van der Waals surface area (Å²) in [7, 11) is 0. The molecule has 152 valence electrons. The largest absolute Gasteiger partial charge is 0.444 e. The molecule has 1 fully saturated rings. The highest BCUT2D eigenvalue weighted by Gasteiger charge is 2.37. The molecule has 1 N–H and O–H groups in total. The highest BCUT2D eigenvalue weighted by molar-refractivity contribution is 5.68. The van der Waals surface area contributed by atoms with Crippen molar-refractivity contribution < 1.29 is 14.6 Å². The minimum absolute atomic E-state index is 0.343. The molecule has 8 nitrogen and oxygen atoms in total. The van der Waals surface area contributed by atoms with Gasteiger partial charge in [0, 0.05) is 48.9 Å². The van der Waals surface area contributed by atoms with Crippen molar-refractivity contribution in [3.05, 3.63) is 48.7 Å². The molecule has 1 saturated heterocycles. The van der Waals surface area contributed by atoms with Crippen molar-refractivity contribution in [1.82, 2.24) is 24.5 Å². The van der Waals surface area contributed by atoms with E-state index in [0.717, 1.165) is 16.8 Å². The standard InChI is InChI=1S/C21H25N5O3/c1-20(2,3)29-19(27)25-10-7-21(28,8-11-25)17-5-4-15(12-22-17)16-13-23-18-6-9-24-26(18)14-16/h4-6,9,12-14,28H,7-8,10-11H2,1-3H3. The molecule has 0 unspecified atom stereocenters. The molecule has 4 heterocycles. The molecule has 0 bridgehead atoms. The number of carbonyl (C=O) groups excluding carboxylic acids is 1. The van der Waals surface area contributed by atoms with Gasteiger partial charge in [0.05, 0.1) is 11.9 Å². The third kappa shape index (κ3) is 4.07.